The van der Waals surface area contributed by atoms with E-state index in [1.807, 2.05) is 0 Å². The number of nitrogens with one attached hydrogen (secondary N) is 1. The van der Waals surface area contributed by atoms with Gasteiger partial charge in [0.25, 0.3) is 11.5 Å². The molecule has 2 N–H and O–H groups in total. The van der Waals surface area contributed by atoms with Crippen LogP contribution in [0, 0.1) is 11.8 Å². The van der Waals surface area contributed by atoms with E-state index in [0.717, 1.165) is 24.6 Å². The van der Waals surface area contributed by atoms with E-state index in [-0.39, 0.29) is 22.8 Å². The number of nitrogens with zero attached hydrogens (tertiary/aromatic N) is 4. The predicted octanol–water partition coefficient (Wildman–Crippen LogP) is 1.38. The molecule has 1 amide bonds. The summed E-state index contributed by atoms with van der Waals surface area (Å²) in [6, 6.07) is 4.60. The van der Waals surface area contributed by atoms with E-state index < -0.39 is 5.56 Å². The monoisotopic (exact) mass is 383 g/mol. The summed E-state index contributed by atoms with van der Waals surface area (Å²) in [7, 11) is 0. The maximum absolute atomic E-state index is 12.7. The van der Waals surface area contributed by atoms with Crippen LogP contribution in [-0.4, -0.2) is 57.0 Å². The molecule has 4 rings (SSSR count). The lowest BCUT2D eigenvalue weighted by Gasteiger charge is -2.24. The molecule has 2 aliphatic heterocycles. The summed E-state index contributed by atoms with van der Waals surface area (Å²) >= 11 is 0. The highest BCUT2D eigenvalue weighted by Crippen LogP contribution is 2.34. The van der Waals surface area contributed by atoms with Crippen LogP contribution in [0.3, 0.4) is 0 Å². The first-order chi connectivity index (χ1) is 13.2. The average Bonchev–Trinajstić information content (AvgIpc) is 3.18. The first kappa shape index (κ1) is 18.5. The highest BCUT2D eigenvalue weighted by Gasteiger charge is 2.42. The van der Waals surface area contributed by atoms with Crippen LogP contribution in [0.4, 0.5) is 5.82 Å². The first-order valence-electron chi connectivity index (χ1n) is 9.51. The second-order valence-corrected chi connectivity index (χ2v) is 8.77. The van der Waals surface area contributed by atoms with Crippen molar-refractivity contribution in [2.45, 2.75) is 26.2 Å². The van der Waals surface area contributed by atoms with Crippen LogP contribution in [0.25, 0.3) is 0 Å². The Morgan fingerprint density at radius 2 is 1.79 bits per heavy atom. The molecular formula is C20H25N5O3. The molecule has 2 aromatic rings. The highest BCUT2D eigenvalue weighted by molar-refractivity contribution is 5.94. The van der Waals surface area contributed by atoms with Gasteiger partial charge in [0.15, 0.2) is 5.88 Å². The van der Waals surface area contributed by atoms with Crippen molar-refractivity contribution in [3.8, 4) is 5.88 Å². The number of aromatic hydroxyl groups is 1. The van der Waals surface area contributed by atoms with Crippen LogP contribution >= 0.6 is 0 Å². The van der Waals surface area contributed by atoms with E-state index in [0.29, 0.717) is 24.9 Å². The molecule has 2 atom stereocenters. The van der Waals surface area contributed by atoms with Gasteiger partial charge in [-0.1, -0.05) is 20.8 Å². The SMILES string of the molecule is CC(C)(C)c1cc(N2CC3CN(C(=O)c4cc(O)[nH]c(=O)c4)CC3C2)ncn1. The summed E-state index contributed by atoms with van der Waals surface area (Å²) < 4.78 is 0. The van der Waals surface area contributed by atoms with Gasteiger partial charge in [-0.15, -0.1) is 0 Å². The molecule has 28 heavy (non-hydrogen) atoms. The van der Waals surface area contributed by atoms with Crippen LogP contribution < -0.4 is 10.5 Å². The van der Waals surface area contributed by atoms with Crippen molar-refractivity contribution in [2.75, 3.05) is 31.1 Å². The van der Waals surface area contributed by atoms with Crippen molar-refractivity contribution in [2.24, 2.45) is 11.8 Å². The molecule has 0 spiro atoms. The number of hydrogen-bond acceptors (Lipinski definition) is 6. The number of H-pyrrole nitrogens is 1. The Hall–Kier alpha value is -2.90. The second kappa shape index (κ2) is 6.61. The Balaban J connectivity index is 1.45. The molecular weight excluding hydrogens is 358 g/mol. The number of carbonyl (C=O) groups is 1. The zero-order valence-electron chi connectivity index (χ0n) is 16.3. The van der Waals surface area contributed by atoms with Gasteiger partial charge >= 0.3 is 0 Å². The van der Waals surface area contributed by atoms with Crippen molar-refractivity contribution in [1.29, 1.82) is 0 Å². The lowest BCUT2D eigenvalue weighted by molar-refractivity contribution is 0.0782. The maximum atomic E-state index is 12.7. The van der Waals surface area contributed by atoms with Gasteiger partial charge in [-0.3, -0.25) is 14.6 Å². The Labute approximate surface area is 163 Å². The molecule has 0 radical (unpaired) electrons. The summed E-state index contributed by atoms with van der Waals surface area (Å²) in [5.74, 6) is 1.17. The zero-order chi connectivity index (χ0) is 20.1. The van der Waals surface area contributed by atoms with Gasteiger partial charge in [-0.2, -0.15) is 0 Å². The van der Waals surface area contributed by atoms with E-state index in [1.54, 1.807) is 11.2 Å². The largest absolute Gasteiger partial charge is 0.494 e. The number of pyridine rings is 1. The molecule has 0 bridgehead atoms. The molecule has 0 saturated carbocycles. The van der Waals surface area contributed by atoms with E-state index in [1.165, 1.54) is 12.1 Å². The number of aromatic amines is 1. The van der Waals surface area contributed by atoms with Crippen molar-refractivity contribution in [1.82, 2.24) is 19.9 Å². The number of fused-ring (bicyclic) bond motifs is 1. The van der Waals surface area contributed by atoms with Crippen molar-refractivity contribution >= 4 is 11.7 Å². The molecule has 2 saturated heterocycles. The summed E-state index contributed by atoms with van der Waals surface area (Å²) in [5.41, 5.74) is 0.728. The number of carbonyl (C=O) groups excluding carboxylic acids is 1. The van der Waals surface area contributed by atoms with Gasteiger partial charge < -0.3 is 14.9 Å². The normalized spacial score (nSPS) is 21.8. The van der Waals surface area contributed by atoms with Crippen LogP contribution in [0.5, 0.6) is 5.88 Å². The first-order valence-corrected chi connectivity index (χ1v) is 9.51. The molecule has 2 unspecified atom stereocenters. The zero-order valence-corrected chi connectivity index (χ0v) is 16.3. The van der Waals surface area contributed by atoms with E-state index in [2.05, 4.69) is 46.7 Å². The van der Waals surface area contributed by atoms with E-state index in [9.17, 15) is 14.7 Å². The Morgan fingerprint density at radius 1 is 1.11 bits per heavy atom. The van der Waals surface area contributed by atoms with E-state index >= 15 is 0 Å². The van der Waals surface area contributed by atoms with Crippen molar-refractivity contribution in [3.63, 3.8) is 0 Å². The minimum atomic E-state index is -0.479. The third kappa shape index (κ3) is 3.46. The fourth-order valence-electron chi connectivity index (χ4n) is 4.11. The molecule has 2 aromatic heterocycles. The van der Waals surface area contributed by atoms with Crippen molar-refractivity contribution < 1.29 is 9.90 Å². The minimum Gasteiger partial charge on any atom is -0.494 e. The number of hydrogen-bond donors (Lipinski definition) is 2. The molecule has 0 aromatic carbocycles. The topological polar surface area (TPSA) is 102 Å². The quantitative estimate of drug-likeness (QED) is 0.812. The predicted molar refractivity (Wildman–Crippen MR) is 105 cm³/mol. The average molecular weight is 383 g/mol. The van der Waals surface area contributed by atoms with Gasteiger partial charge in [0.2, 0.25) is 0 Å². The smallest absolute Gasteiger partial charge is 0.254 e. The number of amides is 1. The standard InChI is InChI=1S/C20H25N5O3/c1-20(2,3)15-6-16(22-11-21-15)24-7-13-9-25(10-14(13)8-24)19(28)12-4-17(26)23-18(27)5-12/h4-6,11,13-14H,7-10H2,1-3H3,(H2,23,26,27). The van der Waals surface area contributed by atoms with Gasteiger partial charge in [0, 0.05) is 61.6 Å². The summed E-state index contributed by atoms with van der Waals surface area (Å²) in [6.45, 7) is 9.37. The van der Waals surface area contributed by atoms with Gasteiger partial charge in [0.05, 0.1) is 11.3 Å². The van der Waals surface area contributed by atoms with Gasteiger partial charge in [-0.05, 0) is 0 Å². The van der Waals surface area contributed by atoms with Crippen molar-refractivity contribution in [3.05, 3.63) is 46.1 Å². The Morgan fingerprint density at radius 3 is 2.39 bits per heavy atom. The fraction of sp³-hybridized carbons (Fsp3) is 0.500. The third-order valence-electron chi connectivity index (χ3n) is 5.60. The van der Waals surface area contributed by atoms with E-state index in [4.69, 9.17) is 0 Å². The number of rotatable bonds is 2. The fourth-order valence-corrected chi connectivity index (χ4v) is 4.11. The number of likely N-dealkylation sites (tertiary alicyclic amines) is 1. The number of anilines is 1. The molecule has 8 heteroatoms. The molecule has 148 valence electrons. The second-order valence-electron chi connectivity index (χ2n) is 8.77. The van der Waals surface area contributed by atoms with Gasteiger partial charge in [0.1, 0.15) is 12.1 Å². The molecule has 2 aliphatic rings. The van der Waals surface area contributed by atoms with Crippen LogP contribution in [0.15, 0.2) is 29.3 Å². The minimum absolute atomic E-state index is 0.0322. The lowest BCUT2D eigenvalue weighted by atomic mass is 9.92. The van der Waals surface area contributed by atoms with Crippen LogP contribution in [0.2, 0.25) is 0 Å². The Kier molecular flexibility index (Phi) is 4.36. The highest BCUT2D eigenvalue weighted by atomic mass is 16.3. The van der Waals surface area contributed by atoms with Crippen LogP contribution in [0.1, 0.15) is 36.8 Å². The van der Waals surface area contributed by atoms with Gasteiger partial charge in [-0.25, -0.2) is 9.97 Å². The molecule has 2 fully saturated rings. The lowest BCUT2D eigenvalue weighted by Crippen LogP contribution is -2.34. The molecule has 0 aliphatic carbocycles. The third-order valence-corrected chi connectivity index (χ3v) is 5.60. The summed E-state index contributed by atoms with van der Waals surface area (Å²) in [5, 5.41) is 9.54. The van der Waals surface area contributed by atoms with Crippen LogP contribution in [-0.2, 0) is 5.41 Å². The molecule has 4 heterocycles. The molecule has 8 nitrogen and oxygen atoms in total. The summed E-state index contributed by atoms with van der Waals surface area (Å²) in [6.07, 6.45) is 1.62. The number of aromatic nitrogens is 3. The Bertz CT molecular complexity index is 951. The summed E-state index contributed by atoms with van der Waals surface area (Å²) in [4.78, 5) is 39.4. The maximum Gasteiger partial charge on any atom is 0.254 e.